The molecule has 0 aromatic carbocycles. The number of hydrogen-bond donors (Lipinski definition) is 0. The Balaban J connectivity index is 3.40. The van der Waals surface area contributed by atoms with Crippen molar-refractivity contribution in [2.24, 2.45) is 0 Å². The van der Waals surface area contributed by atoms with Crippen LogP contribution in [0.15, 0.2) is 0 Å². The van der Waals surface area contributed by atoms with Crippen LogP contribution in [0.1, 0.15) is 20.3 Å². The van der Waals surface area contributed by atoms with Gasteiger partial charge in [0, 0.05) is 0 Å². The van der Waals surface area contributed by atoms with Gasteiger partial charge in [0.1, 0.15) is 0 Å². The lowest BCUT2D eigenvalue weighted by Gasteiger charge is -2.48. The largest absolute Gasteiger partial charge is 0.416 e. The average molecular weight is 487 g/mol. The zero-order valence-corrected chi connectivity index (χ0v) is 25.7. The highest BCUT2D eigenvalue weighted by Crippen LogP contribution is 2.36. The van der Waals surface area contributed by atoms with Crippen molar-refractivity contribution in [1.82, 2.24) is 0 Å². The summed E-state index contributed by atoms with van der Waals surface area (Å²) in [6, 6.07) is 0. The van der Waals surface area contributed by atoms with Gasteiger partial charge in [-0.1, -0.05) is 20.3 Å². The Bertz CT molecular complexity index is 489. The minimum atomic E-state index is -2.53. The Labute approximate surface area is 173 Å². The van der Waals surface area contributed by atoms with Gasteiger partial charge in [0.25, 0.3) is 0 Å². The maximum Gasteiger partial charge on any atom is 0.320 e. The highest BCUT2D eigenvalue weighted by Gasteiger charge is 2.53. The van der Waals surface area contributed by atoms with Gasteiger partial charge in [-0.15, -0.1) is 0 Å². The molecule has 1 aliphatic heterocycles. The summed E-state index contributed by atoms with van der Waals surface area (Å²) in [4.78, 5) is 0. The summed E-state index contributed by atoms with van der Waals surface area (Å²) >= 11 is 0. The van der Waals surface area contributed by atoms with Crippen molar-refractivity contribution in [3.63, 3.8) is 0 Å². The highest BCUT2D eigenvalue weighted by atomic mass is 28.5. The third kappa shape index (κ3) is 8.37. The molecule has 1 rings (SSSR count). The molecular weight excluding hydrogens is 445 g/mol. The molecule has 27 heavy (non-hydrogen) atoms. The first-order valence-corrected chi connectivity index (χ1v) is 26.4. The SMILES string of the molecule is CCC(C)[Si]1(C)O[Si](C)(C)O[Si](C)(C)O[Si](C)(C)O[Si](C)(C)O[Si](C)(C)O1. The summed E-state index contributed by atoms with van der Waals surface area (Å²) in [6.45, 7) is 27.5. The molecule has 1 heterocycles. The fourth-order valence-electron chi connectivity index (χ4n) is 4.04. The Hall–Kier alpha value is 1.06. The van der Waals surface area contributed by atoms with Crippen molar-refractivity contribution in [3.05, 3.63) is 0 Å². The van der Waals surface area contributed by atoms with Crippen LogP contribution in [0.25, 0.3) is 0 Å². The molecule has 1 atom stereocenters. The second-order valence-corrected chi connectivity index (χ2v) is 31.9. The van der Waals surface area contributed by atoms with Crippen LogP contribution in [0, 0.1) is 0 Å². The Morgan fingerprint density at radius 3 is 0.926 bits per heavy atom. The quantitative estimate of drug-likeness (QED) is 0.482. The van der Waals surface area contributed by atoms with Gasteiger partial charge in [0.2, 0.25) is 0 Å². The van der Waals surface area contributed by atoms with Gasteiger partial charge in [-0.25, -0.2) is 0 Å². The summed E-state index contributed by atoms with van der Waals surface area (Å²) < 4.78 is 39.8. The van der Waals surface area contributed by atoms with Crippen molar-refractivity contribution in [2.75, 3.05) is 0 Å². The van der Waals surface area contributed by atoms with Gasteiger partial charge in [0.15, 0.2) is 0 Å². The zero-order chi connectivity index (χ0) is 21.5. The summed E-state index contributed by atoms with van der Waals surface area (Å²) in [5.74, 6) is 0. The van der Waals surface area contributed by atoms with E-state index in [2.05, 4.69) is 85.9 Å². The predicted molar refractivity (Wildman–Crippen MR) is 125 cm³/mol. The molecular formula is C15H42O6Si6. The molecule has 0 aromatic heterocycles. The van der Waals surface area contributed by atoms with E-state index in [9.17, 15) is 0 Å². The highest BCUT2D eigenvalue weighted by molar-refractivity contribution is 6.93. The lowest BCUT2D eigenvalue weighted by molar-refractivity contribution is 0.232. The van der Waals surface area contributed by atoms with Crippen LogP contribution < -0.4 is 0 Å². The molecule has 1 saturated heterocycles. The molecule has 0 amide bonds. The van der Waals surface area contributed by atoms with Gasteiger partial charge in [0.05, 0.1) is 0 Å². The zero-order valence-electron chi connectivity index (χ0n) is 19.7. The molecule has 0 radical (unpaired) electrons. The van der Waals surface area contributed by atoms with E-state index in [1.54, 1.807) is 0 Å². The smallest absolute Gasteiger partial charge is 0.320 e. The van der Waals surface area contributed by atoms with Crippen LogP contribution in [-0.2, 0) is 24.7 Å². The third-order valence-corrected chi connectivity index (χ3v) is 29.5. The molecule has 0 spiro atoms. The van der Waals surface area contributed by atoms with Crippen LogP contribution >= 0.6 is 0 Å². The average Bonchev–Trinajstić information content (AvgIpc) is 2.27. The van der Waals surface area contributed by atoms with E-state index in [4.69, 9.17) is 24.7 Å². The van der Waals surface area contributed by atoms with Crippen molar-refractivity contribution >= 4 is 51.4 Å². The summed E-state index contributed by atoms with van der Waals surface area (Å²) in [5.41, 5.74) is 0.341. The molecule has 0 bridgehead atoms. The maximum atomic E-state index is 6.79. The van der Waals surface area contributed by atoms with Crippen molar-refractivity contribution in [3.8, 4) is 0 Å². The van der Waals surface area contributed by atoms with Crippen LogP contribution in [0.5, 0.6) is 0 Å². The van der Waals surface area contributed by atoms with E-state index in [1.807, 2.05) is 0 Å². The molecule has 0 aliphatic carbocycles. The lowest BCUT2D eigenvalue weighted by atomic mass is 10.4. The van der Waals surface area contributed by atoms with E-state index < -0.39 is 51.4 Å². The van der Waals surface area contributed by atoms with Gasteiger partial charge in [-0.2, -0.15) is 0 Å². The fraction of sp³-hybridized carbons (Fsp3) is 1.00. The number of hydrogen-bond acceptors (Lipinski definition) is 6. The predicted octanol–water partition coefficient (Wildman–Crippen LogP) is 5.48. The minimum Gasteiger partial charge on any atom is -0.416 e. The third-order valence-electron chi connectivity index (χ3n) is 4.37. The molecule has 6 nitrogen and oxygen atoms in total. The van der Waals surface area contributed by atoms with Crippen LogP contribution in [0.2, 0.25) is 77.6 Å². The van der Waals surface area contributed by atoms with E-state index in [0.29, 0.717) is 5.54 Å². The van der Waals surface area contributed by atoms with Crippen molar-refractivity contribution in [2.45, 2.75) is 97.8 Å². The van der Waals surface area contributed by atoms with E-state index in [1.165, 1.54) is 0 Å². The molecule has 0 aromatic rings. The van der Waals surface area contributed by atoms with Crippen LogP contribution in [0.4, 0.5) is 0 Å². The summed E-state index contributed by atoms with van der Waals surface area (Å²) in [6.07, 6.45) is 1.01. The van der Waals surface area contributed by atoms with Crippen molar-refractivity contribution in [1.29, 1.82) is 0 Å². The first-order chi connectivity index (χ1) is 11.7. The maximum absolute atomic E-state index is 6.79. The lowest BCUT2D eigenvalue weighted by Crippen LogP contribution is -2.65. The van der Waals surface area contributed by atoms with E-state index in [0.717, 1.165) is 6.42 Å². The number of rotatable bonds is 2. The second kappa shape index (κ2) is 8.30. The standard InChI is InChI=1S/C15H42O6Si6/c1-14-15(2)27(13)20-25(9,10)18-23(5,6)16-22(3,4)17-24(7,8)19-26(11,12)21-27/h15H,14H2,1-13H3. The van der Waals surface area contributed by atoms with Crippen LogP contribution in [0.3, 0.4) is 0 Å². The second-order valence-electron chi connectivity index (χ2n) is 9.94. The fourth-order valence-corrected chi connectivity index (χ4v) is 36.4. The molecule has 162 valence electrons. The monoisotopic (exact) mass is 486 g/mol. The van der Waals surface area contributed by atoms with E-state index in [-0.39, 0.29) is 0 Å². The van der Waals surface area contributed by atoms with Gasteiger partial charge >= 0.3 is 51.4 Å². The molecule has 1 fully saturated rings. The van der Waals surface area contributed by atoms with Gasteiger partial charge in [-0.05, 0) is 77.6 Å². The summed E-state index contributed by atoms with van der Waals surface area (Å²) in [7, 11) is -14.7. The van der Waals surface area contributed by atoms with E-state index >= 15 is 0 Å². The topological polar surface area (TPSA) is 55.4 Å². The molecule has 12 heteroatoms. The van der Waals surface area contributed by atoms with Crippen molar-refractivity contribution < 1.29 is 24.7 Å². The first kappa shape index (κ1) is 26.1. The Morgan fingerprint density at radius 1 is 0.481 bits per heavy atom. The molecule has 0 saturated carbocycles. The minimum absolute atomic E-state index is 0.341. The molecule has 1 unspecified atom stereocenters. The van der Waals surface area contributed by atoms with Gasteiger partial charge < -0.3 is 24.7 Å². The Morgan fingerprint density at radius 2 is 0.704 bits per heavy atom. The normalized spacial score (nSPS) is 30.6. The first-order valence-electron chi connectivity index (χ1n) is 9.93. The van der Waals surface area contributed by atoms with Crippen LogP contribution in [-0.4, -0.2) is 51.4 Å². The molecule has 1 aliphatic rings. The van der Waals surface area contributed by atoms with Gasteiger partial charge in [-0.3, -0.25) is 0 Å². The summed E-state index contributed by atoms with van der Waals surface area (Å²) in [5, 5.41) is 0. The molecule has 0 N–H and O–H groups in total. The Kier molecular flexibility index (Phi) is 8.02.